The molecule has 0 spiro atoms. The molecule has 0 radical (unpaired) electrons. The molecular formula is C23H20FN5O4. The number of halogens is 1. The minimum Gasteiger partial charge on any atom is -0.453 e. The van der Waals surface area contributed by atoms with Crippen LogP contribution in [0.2, 0.25) is 0 Å². The Balaban J connectivity index is 1.68. The molecule has 0 unspecified atom stereocenters. The van der Waals surface area contributed by atoms with Crippen molar-refractivity contribution >= 4 is 29.2 Å². The summed E-state index contributed by atoms with van der Waals surface area (Å²) in [6.07, 6.45) is 4.43. The van der Waals surface area contributed by atoms with Crippen LogP contribution in [0.5, 0.6) is 0 Å². The summed E-state index contributed by atoms with van der Waals surface area (Å²) in [4.78, 5) is 34.5. The molecule has 1 N–H and O–H groups in total. The molecule has 0 saturated heterocycles. The fourth-order valence-corrected chi connectivity index (χ4v) is 3.25. The van der Waals surface area contributed by atoms with Crippen LogP contribution in [-0.2, 0) is 9.47 Å². The van der Waals surface area contributed by atoms with Crippen molar-refractivity contribution in [2.24, 2.45) is 0 Å². The number of amides is 2. The number of imidazole rings is 1. The van der Waals surface area contributed by atoms with E-state index in [1.807, 2.05) is 4.40 Å². The Kier molecular flexibility index (Phi) is 6.27. The van der Waals surface area contributed by atoms with Gasteiger partial charge in [0.15, 0.2) is 0 Å². The maximum atomic E-state index is 13.3. The third kappa shape index (κ3) is 4.65. The van der Waals surface area contributed by atoms with Crippen LogP contribution in [0.3, 0.4) is 0 Å². The van der Waals surface area contributed by atoms with Gasteiger partial charge in [0.05, 0.1) is 24.7 Å². The summed E-state index contributed by atoms with van der Waals surface area (Å²) in [6, 6.07) is 12.3. The van der Waals surface area contributed by atoms with E-state index in [0.29, 0.717) is 22.7 Å². The second-order valence-electron chi connectivity index (χ2n) is 6.97. The molecule has 0 aliphatic heterocycles. The van der Waals surface area contributed by atoms with Gasteiger partial charge in [0, 0.05) is 30.6 Å². The van der Waals surface area contributed by atoms with Crippen molar-refractivity contribution in [3.05, 3.63) is 78.5 Å². The van der Waals surface area contributed by atoms with E-state index < -0.39 is 11.9 Å². The van der Waals surface area contributed by atoms with E-state index in [2.05, 4.69) is 20.0 Å². The first-order chi connectivity index (χ1) is 16.0. The summed E-state index contributed by atoms with van der Waals surface area (Å²) >= 11 is 0. The van der Waals surface area contributed by atoms with E-state index >= 15 is 0 Å². The van der Waals surface area contributed by atoms with Gasteiger partial charge in [-0.15, -0.1) is 0 Å². The molecule has 9 nitrogen and oxygen atoms in total. The number of aromatic nitrogens is 3. The largest absolute Gasteiger partial charge is 0.453 e. The van der Waals surface area contributed by atoms with Crippen molar-refractivity contribution in [2.45, 2.75) is 0 Å². The van der Waals surface area contributed by atoms with E-state index in [1.54, 1.807) is 42.9 Å². The van der Waals surface area contributed by atoms with Gasteiger partial charge in [-0.1, -0.05) is 0 Å². The highest BCUT2D eigenvalue weighted by atomic mass is 19.1. The van der Waals surface area contributed by atoms with Gasteiger partial charge in [0.25, 0.3) is 5.91 Å². The lowest BCUT2D eigenvalue weighted by Gasteiger charge is -2.22. The van der Waals surface area contributed by atoms with Crippen LogP contribution in [0.4, 0.5) is 20.7 Å². The first-order valence-electron chi connectivity index (χ1n) is 9.85. The predicted octanol–water partition coefficient (Wildman–Crippen LogP) is 3.96. The second-order valence-corrected chi connectivity index (χ2v) is 6.97. The van der Waals surface area contributed by atoms with Crippen LogP contribution in [0.1, 0.15) is 10.4 Å². The quantitative estimate of drug-likeness (QED) is 0.448. The summed E-state index contributed by atoms with van der Waals surface area (Å²) in [5, 5.41) is 2.49. The number of benzene rings is 1. The average Bonchev–Trinajstić information content (AvgIpc) is 3.26. The Morgan fingerprint density at radius 3 is 2.48 bits per heavy atom. The number of carbonyl (C=O) groups is 2. The first-order valence-corrected chi connectivity index (χ1v) is 9.85. The number of hydrogen-bond donors (Lipinski definition) is 1. The third-order valence-electron chi connectivity index (χ3n) is 4.87. The lowest BCUT2D eigenvalue weighted by Crippen LogP contribution is -2.33. The van der Waals surface area contributed by atoms with Gasteiger partial charge < -0.3 is 9.47 Å². The Morgan fingerprint density at radius 2 is 1.82 bits per heavy atom. The fraction of sp³-hybridized carbons (Fsp3) is 0.130. The number of fused-ring (bicyclic) bond motifs is 1. The zero-order valence-corrected chi connectivity index (χ0v) is 17.9. The summed E-state index contributed by atoms with van der Waals surface area (Å²) < 4.78 is 24.9. The summed E-state index contributed by atoms with van der Waals surface area (Å²) in [6.45, 7) is 0.00119. The normalized spacial score (nSPS) is 10.8. The monoisotopic (exact) mass is 449 g/mol. The van der Waals surface area contributed by atoms with Crippen molar-refractivity contribution in [3.63, 3.8) is 0 Å². The molecule has 0 aliphatic carbocycles. The summed E-state index contributed by atoms with van der Waals surface area (Å²) in [7, 11) is 2.76. The maximum Gasteiger partial charge on any atom is 0.412 e. The smallest absolute Gasteiger partial charge is 0.412 e. The van der Waals surface area contributed by atoms with E-state index in [4.69, 9.17) is 4.74 Å². The molecule has 0 atom stereocenters. The molecule has 3 heterocycles. The molecule has 3 aromatic heterocycles. The highest BCUT2D eigenvalue weighted by Crippen LogP contribution is 2.25. The Labute approximate surface area is 188 Å². The first kappa shape index (κ1) is 21.9. The zero-order chi connectivity index (χ0) is 23.4. The molecule has 2 amide bonds. The maximum absolute atomic E-state index is 13.3. The number of pyridine rings is 2. The molecule has 4 aromatic rings. The van der Waals surface area contributed by atoms with Crippen molar-refractivity contribution in [1.82, 2.24) is 14.4 Å². The van der Waals surface area contributed by atoms with Crippen LogP contribution in [-0.4, -0.2) is 47.3 Å². The van der Waals surface area contributed by atoms with Crippen molar-refractivity contribution in [3.8, 4) is 11.3 Å². The Morgan fingerprint density at radius 1 is 1.03 bits per heavy atom. The standard InChI is InChI=1S/C23H20FN5O4/c1-32-14-29(22(30)15-3-6-17(24)7-4-15)18-8-10-21-26-12-19(28(21)13-18)16-5-9-20(25-11-16)27-23(31)33-2/h3-13H,14H2,1-2H3,(H,25,27,31). The molecule has 0 fully saturated rings. The number of nitrogens with zero attached hydrogens (tertiary/aromatic N) is 4. The van der Waals surface area contributed by atoms with Crippen LogP contribution in [0.25, 0.3) is 16.9 Å². The van der Waals surface area contributed by atoms with Gasteiger partial charge in [-0.25, -0.2) is 19.2 Å². The average molecular weight is 449 g/mol. The number of rotatable bonds is 6. The number of hydrogen-bond acceptors (Lipinski definition) is 6. The molecule has 1 aromatic carbocycles. The highest BCUT2D eigenvalue weighted by molar-refractivity contribution is 6.06. The van der Waals surface area contributed by atoms with Crippen molar-refractivity contribution in [1.29, 1.82) is 0 Å². The highest BCUT2D eigenvalue weighted by Gasteiger charge is 2.19. The fourth-order valence-electron chi connectivity index (χ4n) is 3.25. The molecule has 0 aliphatic rings. The summed E-state index contributed by atoms with van der Waals surface area (Å²) in [5.41, 5.74) is 3.04. The van der Waals surface area contributed by atoms with E-state index in [-0.39, 0.29) is 12.6 Å². The predicted molar refractivity (Wildman–Crippen MR) is 120 cm³/mol. The second kappa shape index (κ2) is 9.45. The SMILES string of the molecule is COCN(C(=O)c1ccc(F)cc1)c1ccc2ncc(-c3ccc(NC(=O)OC)nc3)n2c1. The minimum atomic E-state index is -0.612. The molecule has 0 bridgehead atoms. The molecular weight excluding hydrogens is 429 g/mol. The van der Waals surface area contributed by atoms with E-state index in [0.717, 1.165) is 11.3 Å². The number of nitrogens with one attached hydrogen (secondary N) is 1. The zero-order valence-electron chi connectivity index (χ0n) is 17.9. The van der Waals surface area contributed by atoms with Gasteiger partial charge in [0.2, 0.25) is 0 Å². The topological polar surface area (TPSA) is 98.1 Å². The number of methoxy groups -OCH3 is 2. The lowest BCUT2D eigenvalue weighted by atomic mass is 10.2. The molecule has 33 heavy (non-hydrogen) atoms. The lowest BCUT2D eigenvalue weighted by molar-refractivity contribution is 0.0936. The minimum absolute atomic E-state index is 0.00119. The van der Waals surface area contributed by atoms with Gasteiger partial charge in [0.1, 0.15) is 24.0 Å². The Bertz CT molecular complexity index is 1290. The van der Waals surface area contributed by atoms with Crippen molar-refractivity contribution in [2.75, 3.05) is 31.2 Å². The van der Waals surface area contributed by atoms with Crippen LogP contribution >= 0.6 is 0 Å². The third-order valence-corrected chi connectivity index (χ3v) is 4.87. The number of carbonyl (C=O) groups excluding carboxylic acids is 2. The van der Waals surface area contributed by atoms with Crippen LogP contribution in [0.15, 0.2) is 67.1 Å². The molecule has 0 saturated carbocycles. The van der Waals surface area contributed by atoms with E-state index in [1.165, 1.54) is 43.4 Å². The van der Waals surface area contributed by atoms with Crippen LogP contribution < -0.4 is 10.2 Å². The van der Waals surface area contributed by atoms with Gasteiger partial charge in [-0.3, -0.25) is 19.4 Å². The van der Waals surface area contributed by atoms with E-state index in [9.17, 15) is 14.0 Å². The summed E-state index contributed by atoms with van der Waals surface area (Å²) in [5.74, 6) is -0.412. The van der Waals surface area contributed by atoms with Crippen molar-refractivity contribution < 1.29 is 23.5 Å². The molecule has 10 heteroatoms. The molecule has 4 rings (SSSR count). The number of anilines is 2. The number of ether oxygens (including phenoxy) is 2. The van der Waals surface area contributed by atoms with Gasteiger partial charge in [-0.05, 0) is 48.5 Å². The van der Waals surface area contributed by atoms with Crippen LogP contribution in [0, 0.1) is 5.82 Å². The van der Waals surface area contributed by atoms with Gasteiger partial charge >= 0.3 is 6.09 Å². The van der Waals surface area contributed by atoms with Gasteiger partial charge in [-0.2, -0.15) is 0 Å². The Hall–Kier alpha value is -4.31. The molecule has 168 valence electrons.